The van der Waals surface area contributed by atoms with Gasteiger partial charge in [-0.05, 0) is 24.0 Å². The average Bonchev–Trinajstić information content (AvgIpc) is 2.39. The number of anilines is 1. The summed E-state index contributed by atoms with van der Waals surface area (Å²) in [5, 5.41) is 14.8. The number of halogens is 1. The number of benzene rings is 1. The number of hydrogen-bond acceptors (Lipinski definition) is 3. The number of hydrogen-bond donors (Lipinski definition) is 3. The minimum Gasteiger partial charge on any atom is -0.497 e. The molecule has 0 unspecified atom stereocenters. The summed E-state index contributed by atoms with van der Waals surface area (Å²) in [6.45, 7) is 4.50. The van der Waals surface area contributed by atoms with Crippen molar-refractivity contribution < 1.29 is 14.6 Å². The van der Waals surface area contributed by atoms with Crippen molar-refractivity contribution in [2.24, 2.45) is 5.41 Å². The molecule has 0 saturated carbocycles. The molecule has 0 fully saturated rings. The molecule has 1 aromatic rings. The molecule has 6 heteroatoms. The molecular weight excluding hydrogens is 280 g/mol. The van der Waals surface area contributed by atoms with Crippen LogP contribution in [0.2, 0.25) is 5.02 Å². The van der Waals surface area contributed by atoms with E-state index in [0.29, 0.717) is 29.4 Å². The van der Waals surface area contributed by atoms with Crippen molar-refractivity contribution >= 4 is 23.3 Å². The first-order valence-corrected chi connectivity index (χ1v) is 6.75. The summed E-state index contributed by atoms with van der Waals surface area (Å²) in [5.74, 6) is 0.616. The minimum absolute atomic E-state index is 0.0952. The van der Waals surface area contributed by atoms with E-state index < -0.39 is 0 Å². The third kappa shape index (κ3) is 5.27. The first kappa shape index (κ1) is 16.6. The molecule has 2 amide bonds. The number of methoxy groups -OCH3 is 1. The van der Waals surface area contributed by atoms with Gasteiger partial charge in [-0.3, -0.25) is 0 Å². The summed E-state index contributed by atoms with van der Waals surface area (Å²) < 4.78 is 5.08. The Labute approximate surface area is 124 Å². The highest BCUT2D eigenvalue weighted by Crippen LogP contribution is 2.26. The number of carbonyl (C=O) groups is 1. The molecule has 0 aliphatic heterocycles. The van der Waals surface area contributed by atoms with E-state index >= 15 is 0 Å². The SMILES string of the molecule is COc1ccc(Cl)c(NC(=O)NCC(C)(C)CCO)c1. The Morgan fingerprint density at radius 3 is 2.75 bits per heavy atom. The molecule has 1 aromatic carbocycles. The van der Waals surface area contributed by atoms with Crippen molar-refractivity contribution in [1.29, 1.82) is 0 Å². The van der Waals surface area contributed by atoms with Crippen LogP contribution >= 0.6 is 11.6 Å². The number of amides is 2. The van der Waals surface area contributed by atoms with Gasteiger partial charge in [-0.15, -0.1) is 0 Å². The Morgan fingerprint density at radius 2 is 2.15 bits per heavy atom. The van der Waals surface area contributed by atoms with E-state index in [-0.39, 0.29) is 18.1 Å². The fourth-order valence-electron chi connectivity index (χ4n) is 1.60. The molecule has 0 radical (unpaired) electrons. The summed E-state index contributed by atoms with van der Waals surface area (Å²) >= 11 is 6.01. The number of urea groups is 1. The Kier molecular flexibility index (Phi) is 6.10. The van der Waals surface area contributed by atoms with Crippen LogP contribution in [-0.4, -0.2) is 31.4 Å². The maximum Gasteiger partial charge on any atom is 0.319 e. The van der Waals surface area contributed by atoms with Crippen molar-refractivity contribution in [3.8, 4) is 5.75 Å². The average molecular weight is 301 g/mol. The lowest BCUT2D eigenvalue weighted by Crippen LogP contribution is -2.37. The van der Waals surface area contributed by atoms with Crippen molar-refractivity contribution in [3.63, 3.8) is 0 Å². The maximum atomic E-state index is 11.8. The summed E-state index contributed by atoms with van der Waals surface area (Å²) in [6, 6.07) is 4.69. The van der Waals surface area contributed by atoms with Gasteiger partial charge in [-0.25, -0.2) is 4.79 Å². The van der Waals surface area contributed by atoms with Crippen LogP contribution in [0.5, 0.6) is 5.75 Å². The predicted molar refractivity (Wildman–Crippen MR) is 80.5 cm³/mol. The van der Waals surface area contributed by atoms with Gasteiger partial charge in [0, 0.05) is 19.2 Å². The van der Waals surface area contributed by atoms with Crippen molar-refractivity contribution in [1.82, 2.24) is 5.32 Å². The highest BCUT2D eigenvalue weighted by atomic mass is 35.5. The van der Waals surface area contributed by atoms with Crippen LogP contribution in [0.4, 0.5) is 10.5 Å². The molecule has 1 rings (SSSR count). The zero-order valence-electron chi connectivity index (χ0n) is 12.0. The monoisotopic (exact) mass is 300 g/mol. The number of carbonyl (C=O) groups excluding carboxylic acids is 1. The van der Waals surface area contributed by atoms with Gasteiger partial charge < -0.3 is 20.5 Å². The lowest BCUT2D eigenvalue weighted by atomic mass is 9.90. The van der Waals surface area contributed by atoms with Gasteiger partial charge in [0.2, 0.25) is 0 Å². The zero-order chi connectivity index (χ0) is 15.2. The smallest absolute Gasteiger partial charge is 0.319 e. The van der Waals surface area contributed by atoms with Gasteiger partial charge >= 0.3 is 6.03 Å². The van der Waals surface area contributed by atoms with Crippen LogP contribution in [0.15, 0.2) is 18.2 Å². The Hall–Kier alpha value is -1.46. The van der Waals surface area contributed by atoms with E-state index in [9.17, 15) is 4.79 Å². The lowest BCUT2D eigenvalue weighted by Gasteiger charge is -2.24. The van der Waals surface area contributed by atoms with E-state index in [1.807, 2.05) is 13.8 Å². The van der Waals surface area contributed by atoms with Crippen molar-refractivity contribution in [2.45, 2.75) is 20.3 Å². The molecule has 20 heavy (non-hydrogen) atoms. The van der Waals surface area contributed by atoms with E-state index in [4.69, 9.17) is 21.4 Å². The van der Waals surface area contributed by atoms with Crippen molar-refractivity contribution in [2.75, 3.05) is 25.6 Å². The Balaban J connectivity index is 2.58. The van der Waals surface area contributed by atoms with Crippen LogP contribution in [-0.2, 0) is 0 Å². The van der Waals surface area contributed by atoms with Gasteiger partial charge in [-0.1, -0.05) is 25.4 Å². The van der Waals surface area contributed by atoms with Gasteiger partial charge in [0.25, 0.3) is 0 Å². The Bertz CT molecular complexity index is 464. The van der Waals surface area contributed by atoms with Crippen LogP contribution in [0.25, 0.3) is 0 Å². The topological polar surface area (TPSA) is 70.6 Å². The van der Waals surface area contributed by atoms with E-state index in [0.717, 1.165) is 0 Å². The highest BCUT2D eigenvalue weighted by Gasteiger charge is 2.18. The molecule has 0 aliphatic rings. The van der Waals surface area contributed by atoms with Crippen LogP contribution < -0.4 is 15.4 Å². The second-order valence-corrected chi connectivity index (χ2v) is 5.70. The number of nitrogens with one attached hydrogen (secondary N) is 2. The van der Waals surface area contributed by atoms with Gasteiger partial charge in [0.05, 0.1) is 17.8 Å². The summed E-state index contributed by atoms with van der Waals surface area (Å²) in [5.41, 5.74) is 0.327. The fourth-order valence-corrected chi connectivity index (χ4v) is 1.77. The molecule has 0 spiro atoms. The first-order valence-electron chi connectivity index (χ1n) is 6.37. The van der Waals surface area contributed by atoms with Crippen LogP contribution in [0, 0.1) is 5.41 Å². The normalized spacial score (nSPS) is 11.1. The molecule has 112 valence electrons. The van der Waals surface area contributed by atoms with E-state index in [1.54, 1.807) is 25.3 Å². The highest BCUT2D eigenvalue weighted by molar-refractivity contribution is 6.33. The Morgan fingerprint density at radius 1 is 1.45 bits per heavy atom. The second kappa shape index (κ2) is 7.36. The largest absolute Gasteiger partial charge is 0.497 e. The summed E-state index contributed by atoms with van der Waals surface area (Å²) in [6.07, 6.45) is 0.618. The van der Waals surface area contributed by atoms with Gasteiger partial charge in [-0.2, -0.15) is 0 Å². The summed E-state index contributed by atoms with van der Waals surface area (Å²) in [7, 11) is 1.55. The van der Waals surface area contributed by atoms with E-state index in [1.165, 1.54) is 0 Å². The van der Waals surface area contributed by atoms with Crippen molar-refractivity contribution in [3.05, 3.63) is 23.2 Å². The molecule has 0 aromatic heterocycles. The second-order valence-electron chi connectivity index (χ2n) is 5.29. The zero-order valence-corrected chi connectivity index (χ0v) is 12.8. The third-order valence-electron chi connectivity index (χ3n) is 2.94. The standard InChI is InChI=1S/C14H21ClN2O3/c1-14(2,6-7-18)9-16-13(19)17-12-8-10(20-3)4-5-11(12)15/h4-5,8,18H,6-7,9H2,1-3H3,(H2,16,17,19). The molecule has 5 nitrogen and oxygen atoms in total. The molecule has 3 N–H and O–H groups in total. The maximum absolute atomic E-state index is 11.8. The van der Waals surface area contributed by atoms with Crippen LogP contribution in [0.3, 0.4) is 0 Å². The molecule has 0 aliphatic carbocycles. The molecule has 0 heterocycles. The van der Waals surface area contributed by atoms with Gasteiger partial charge in [0.15, 0.2) is 0 Å². The summed E-state index contributed by atoms with van der Waals surface area (Å²) in [4.78, 5) is 11.8. The minimum atomic E-state index is -0.342. The fraction of sp³-hybridized carbons (Fsp3) is 0.500. The molecule has 0 atom stereocenters. The number of ether oxygens (including phenoxy) is 1. The molecule has 0 bridgehead atoms. The number of aliphatic hydroxyl groups is 1. The number of rotatable bonds is 6. The molecular formula is C14H21ClN2O3. The quantitative estimate of drug-likeness (QED) is 0.756. The number of aliphatic hydroxyl groups excluding tert-OH is 1. The first-order chi connectivity index (χ1) is 9.38. The van der Waals surface area contributed by atoms with E-state index in [2.05, 4.69) is 10.6 Å². The predicted octanol–water partition coefficient (Wildman–Crippen LogP) is 2.88. The van der Waals surface area contributed by atoms with Crippen LogP contribution in [0.1, 0.15) is 20.3 Å². The lowest BCUT2D eigenvalue weighted by molar-refractivity contribution is 0.204. The van der Waals surface area contributed by atoms with Gasteiger partial charge in [0.1, 0.15) is 5.75 Å². The molecule has 0 saturated heterocycles. The third-order valence-corrected chi connectivity index (χ3v) is 3.27.